The highest BCUT2D eigenvalue weighted by Gasteiger charge is 1.98. The number of rotatable bonds is 0. The fraction of sp³-hybridized carbons (Fsp3) is 0. The molecule has 0 radical (unpaired) electrons. The van der Waals surface area contributed by atoms with Crippen molar-refractivity contribution in [1.82, 2.24) is 0 Å². The van der Waals surface area contributed by atoms with Crippen LogP contribution in [0.15, 0.2) is 27.6 Å². The molecule has 0 saturated heterocycles. The van der Waals surface area contributed by atoms with Crippen LogP contribution < -0.4 is 0 Å². The van der Waals surface area contributed by atoms with Crippen LogP contribution >= 0.6 is 28.6 Å². The number of halogens is 2. The van der Waals surface area contributed by atoms with E-state index in [4.69, 9.17) is 0 Å². The molecule has 0 unspecified atom stereocenters. The van der Waals surface area contributed by atoms with Crippen molar-refractivity contribution in [3.63, 3.8) is 0 Å². The molecular weight excluding hydrogens is 203 g/mol. The molecule has 0 spiro atoms. The molecule has 1 aromatic carbocycles. The first-order valence-corrected chi connectivity index (χ1v) is 3.59. The quantitative estimate of drug-likeness (QED) is 0.621. The minimum atomic E-state index is -0.275. The molecule has 0 fully saturated rings. The summed E-state index contributed by atoms with van der Waals surface area (Å²) >= 11 is 7.01. The third kappa shape index (κ3) is 1.46. The Morgan fingerprint density at radius 2 is 2.11 bits per heavy atom. The molecule has 0 aliphatic heterocycles. The summed E-state index contributed by atoms with van der Waals surface area (Å²) in [5.74, 6) is -0.275. The number of benzene rings is 1. The van der Waals surface area contributed by atoms with Gasteiger partial charge in [-0.25, -0.2) is 4.39 Å². The third-order valence-electron chi connectivity index (χ3n) is 0.931. The van der Waals surface area contributed by atoms with Crippen molar-refractivity contribution in [2.45, 2.75) is 4.90 Å². The second-order valence-electron chi connectivity index (χ2n) is 1.57. The van der Waals surface area contributed by atoms with Crippen LogP contribution in [-0.4, -0.2) is 0 Å². The van der Waals surface area contributed by atoms with Gasteiger partial charge in [0.05, 0.1) is 4.47 Å². The minimum absolute atomic E-state index is 0.275. The number of hydrogen-bond acceptors (Lipinski definition) is 1. The van der Waals surface area contributed by atoms with Gasteiger partial charge in [0.25, 0.3) is 0 Å². The Balaban J connectivity index is 3.25. The van der Waals surface area contributed by atoms with Crippen molar-refractivity contribution in [1.29, 1.82) is 0 Å². The van der Waals surface area contributed by atoms with Gasteiger partial charge in [0, 0.05) is 4.90 Å². The van der Waals surface area contributed by atoms with Crippen LogP contribution in [-0.2, 0) is 0 Å². The molecule has 0 N–H and O–H groups in total. The van der Waals surface area contributed by atoms with Crippen molar-refractivity contribution in [3.05, 3.63) is 28.5 Å². The Morgan fingerprint density at radius 3 is 2.56 bits per heavy atom. The Kier molecular flexibility index (Phi) is 2.13. The van der Waals surface area contributed by atoms with Crippen LogP contribution in [0.3, 0.4) is 0 Å². The molecule has 0 amide bonds. The highest BCUT2D eigenvalue weighted by atomic mass is 79.9. The fourth-order valence-corrected chi connectivity index (χ4v) is 0.950. The van der Waals surface area contributed by atoms with E-state index in [0.29, 0.717) is 9.37 Å². The van der Waals surface area contributed by atoms with E-state index in [1.807, 2.05) is 0 Å². The Hall–Kier alpha value is -0.0200. The average Bonchev–Trinajstić information content (AvgIpc) is 1.83. The molecule has 1 rings (SSSR count). The second kappa shape index (κ2) is 2.71. The SMILES string of the molecule is Fc1cccc(S)c1Br. The monoisotopic (exact) mass is 206 g/mol. The van der Waals surface area contributed by atoms with E-state index in [-0.39, 0.29) is 5.82 Å². The first-order chi connectivity index (χ1) is 4.22. The van der Waals surface area contributed by atoms with Crippen LogP contribution in [0, 0.1) is 5.82 Å². The maximum atomic E-state index is 12.5. The summed E-state index contributed by atoms with van der Waals surface area (Å²) < 4.78 is 12.9. The van der Waals surface area contributed by atoms with Gasteiger partial charge < -0.3 is 0 Å². The summed E-state index contributed by atoms with van der Waals surface area (Å²) in [6.45, 7) is 0. The molecule has 0 atom stereocenters. The minimum Gasteiger partial charge on any atom is -0.206 e. The number of hydrogen-bond donors (Lipinski definition) is 1. The maximum absolute atomic E-state index is 12.5. The van der Waals surface area contributed by atoms with Crippen molar-refractivity contribution >= 4 is 28.6 Å². The molecule has 0 bridgehead atoms. The molecule has 0 aromatic heterocycles. The van der Waals surface area contributed by atoms with Gasteiger partial charge in [-0.05, 0) is 28.1 Å². The molecule has 0 aliphatic rings. The van der Waals surface area contributed by atoms with Gasteiger partial charge in [0.1, 0.15) is 5.82 Å². The maximum Gasteiger partial charge on any atom is 0.138 e. The lowest BCUT2D eigenvalue weighted by Gasteiger charge is -1.94. The van der Waals surface area contributed by atoms with E-state index >= 15 is 0 Å². The van der Waals surface area contributed by atoms with Crippen LogP contribution in [0.2, 0.25) is 0 Å². The molecule has 0 heterocycles. The van der Waals surface area contributed by atoms with Crippen LogP contribution in [0.5, 0.6) is 0 Å². The van der Waals surface area contributed by atoms with Crippen molar-refractivity contribution in [2.24, 2.45) is 0 Å². The molecule has 3 heteroatoms. The molecule has 0 aliphatic carbocycles. The fourth-order valence-electron chi connectivity index (χ4n) is 0.492. The standard InChI is InChI=1S/C6H4BrFS/c7-6-4(8)2-1-3-5(6)9/h1-3,9H. The Labute approximate surface area is 66.6 Å². The van der Waals surface area contributed by atoms with Gasteiger partial charge in [-0.15, -0.1) is 12.6 Å². The van der Waals surface area contributed by atoms with E-state index < -0.39 is 0 Å². The molecule has 1 aromatic rings. The molecule has 0 nitrogen and oxygen atoms in total. The van der Waals surface area contributed by atoms with Crippen molar-refractivity contribution in [3.8, 4) is 0 Å². The molecule has 0 saturated carbocycles. The van der Waals surface area contributed by atoms with Crippen molar-refractivity contribution in [2.75, 3.05) is 0 Å². The predicted octanol–water partition coefficient (Wildman–Crippen LogP) is 2.88. The zero-order chi connectivity index (χ0) is 6.85. The summed E-state index contributed by atoms with van der Waals surface area (Å²) in [4.78, 5) is 0.620. The number of thiol groups is 1. The summed E-state index contributed by atoms with van der Waals surface area (Å²) in [5, 5.41) is 0. The summed E-state index contributed by atoms with van der Waals surface area (Å²) in [5.41, 5.74) is 0. The van der Waals surface area contributed by atoms with Gasteiger partial charge in [-0.3, -0.25) is 0 Å². The van der Waals surface area contributed by atoms with Gasteiger partial charge >= 0.3 is 0 Å². The average molecular weight is 207 g/mol. The summed E-state index contributed by atoms with van der Waals surface area (Å²) in [7, 11) is 0. The van der Waals surface area contributed by atoms with Crippen LogP contribution in [0.25, 0.3) is 0 Å². The second-order valence-corrected chi connectivity index (χ2v) is 2.85. The van der Waals surface area contributed by atoms with Crippen LogP contribution in [0.4, 0.5) is 4.39 Å². The molecular formula is C6H4BrFS. The zero-order valence-electron chi connectivity index (χ0n) is 4.44. The third-order valence-corrected chi connectivity index (χ3v) is 2.42. The Morgan fingerprint density at radius 1 is 1.44 bits per heavy atom. The Bertz CT molecular complexity index is 204. The van der Waals surface area contributed by atoms with Crippen LogP contribution in [0.1, 0.15) is 0 Å². The van der Waals surface area contributed by atoms with E-state index in [1.54, 1.807) is 12.1 Å². The topological polar surface area (TPSA) is 0 Å². The predicted molar refractivity (Wildman–Crippen MR) is 41.4 cm³/mol. The van der Waals surface area contributed by atoms with E-state index in [1.165, 1.54) is 6.07 Å². The highest BCUT2D eigenvalue weighted by Crippen LogP contribution is 2.22. The normalized spacial score (nSPS) is 9.67. The van der Waals surface area contributed by atoms with Crippen molar-refractivity contribution < 1.29 is 4.39 Å². The van der Waals surface area contributed by atoms with E-state index in [0.717, 1.165) is 0 Å². The van der Waals surface area contributed by atoms with E-state index in [9.17, 15) is 4.39 Å². The van der Waals surface area contributed by atoms with Gasteiger partial charge in [-0.1, -0.05) is 6.07 Å². The van der Waals surface area contributed by atoms with Gasteiger partial charge in [0.2, 0.25) is 0 Å². The lowest BCUT2D eigenvalue weighted by atomic mass is 10.3. The lowest BCUT2D eigenvalue weighted by molar-refractivity contribution is 0.616. The van der Waals surface area contributed by atoms with E-state index in [2.05, 4.69) is 28.6 Å². The lowest BCUT2D eigenvalue weighted by Crippen LogP contribution is -1.75. The zero-order valence-corrected chi connectivity index (χ0v) is 6.92. The van der Waals surface area contributed by atoms with Gasteiger partial charge in [0.15, 0.2) is 0 Å². The summed E-state index contributed by atoms with van der Waals surface area (Å²) in [6, 6.07) is 4.71. The van der Waals surface area contributed by atoms with Gasteiger partial charge in [-0.2, -0.15) is 0 Å². The smallest absolute Gasteiger partial charge is 0.138 e. The first kappa shape index (κ1) is 7.09. The first-order valence-electron chi connectivity index (χ1n) is 2.35. The largest absolute Gasteiger partial charge is 0.206 e. The highest BCUT2D eigenvalue weighted by molar-refractivity contribution is 9.10. The summed E-state index contributed by atoms with van der Waals surface area (Å²) in [6.07, 6.45) is 0. The molecule has 9 heavy (non-hydrogen) atoms. The molecule has 48 valence electrons.